The van der Waals surface area contributed by atoms with Gasteiger partial charge in [-0.3, -0.25) is 9.59 Å². The fourth-order valence-electron chi connectivity index (χ4n) is 2.80. The molecule has 2 aromatic rings. The Morgan fingerprint density at radius 3 is 2.88 bits per heavy atom. The molecule has 0 atom stereocenters. The molecule has 0 bridgehead atoms. The number of nitrogens with one attached hydrogen (secondary N) is 2. The van der Waals surface area contributed by atoms with Crippen LogP contribution in [-0.2, 0) is 22.6 Å². The molecule has 5 nitrogen and oxygen atoms in total. The summed E-state index contributed by atoms with van der Waals surface area (Å²) in [7, 11) is 0. The third-order valence-electron chi connectivity index (χ3n) is 4.22. The molecule has 6 heteroatoms. The average molecular weight is 373 g/mol. The van der Waals surface area contributed by atoms with Crippen molar-refractivity contribution in [1.29, 1.82) is 0 Å². The van der Waals surface area contributed by atoms with E-state index >= 15 is 0 Å². The fraction of sp³-hybridized carbons (Fsp3) is 0.300. The predicted molar refractivity (Wildman–Crippen MR) is 101 cm³/mol. The summed E-state index contributed by atoms with van der Waals surface area (Å²) in [6.45, 7) is 0.889. The van der Waals surface area contributed by atoms with Gasteiger partial charge >= 0.3 is 0 Å². The summed E-state index contributed by atoms with van der Waals surface area (Å²) in [5, 5.41) is 6.36. The molecule has 3 rings (SSSR count). The van der Waals surface area contributed by atoms with Crippen LogP contribution in [0.4, 0.5) is 5.69 Å². The minimum Gasteiger partial charge on any atom is -0.494 e. The number of aryl methyl sites for hydroxylation is 1. The van der Waals surface area contributed by atoms with Crippen LogP contribution in [-0.4, -0.2) is 18.4 Å². The summed E-state index contributed by atoms with van der Waals surface area (Å²) in [5.74, 6) is 0.784. The Balaban J connectivity index is 1.38. The minimum absolute atomic E-state index is 0.0262. The second-order valence-electron chi connectivity index (χ2n) is 6.19. The van der Waals surface area contributed by atoms with Gasteiger partial charge in [0.15, 0.2) is 0 Å². The third-order valence-corrected chi connectivity index (χ3v) is 4.59. The lowest BCUT2D eigenvalue weighted by atomic mass is 10.0. The zero-order valence-corrected chi connectivity index (χ0v) is 15.1. The first-order chi connectivity index (χ1) is 12.6. The van der Waals surface area contributed by atoms with Crippen molar-refractivity contribution in [3.63, 3.8) is 0 Å². The highest BCUT2D eigenvalue weighted by atomic mass is 35.5. The van der Waals surface area contributed by atoms with Crippen molar-refractivity contribution < 1.29 is 14.3 Å². The molecule has 1 aliphatic heterocycles. The number of rotatable bonds is 7. The van der Waals surface area contributed by atoms with Gasteiger partial charge < -0.3 is 15.4 Å². The van der Waals surface area contributed by atoms with E-state index in [0.29, 0.717) is 37.4 Å². The normalized spacial score (nSPS) is 12.9. The fourth-order valence-corrected chi connectivity index (χ4v) is 3.00. The Labute approximate surface area is 157 Å². The van der Waals surface area contributed by atoms with Gasteiger partial charge in [0.25, 0.3) is 0 Å². The molecule has 0 saturated carbocycles. The summed E-state index contributed by atoms with van der Waals surface area (Å²) in [5.41, 5.74) is 2.84. The number of hydrogen-bond acceptors (Lipinski definition) is 3. The molecule has 0 aromatic heterocycles. The number of halogens is 1. The Bertz CT molecular complexity index is 807. The highest BCUT2D eigenvalue weighted by molar-refractivity contribution is 6.31. The van der Waals surface area contributed by atoms with Gasteiger partial charge in [0, 0.05) is 30.1 Å². The first-order valence-corrected chi connectivity index (χ1v) is 9.05. The molecule has 1 aliphatic rings. The van der Waals surface area contributed by atoms with E-state index in [0.717, 1.165) is 29.0 Å². The summed E-state index contributed by atoms with van der Waals surface area (Å²) >= 11 is 6.07. The van der Waals surface area contributed by atoms with Crippen LogP contribution in [0.5, 0.6) is 5.75 Å². The van der Waals surface area contributed by atoms with Crippen LogP contribution in [0.15, 0.2) is 42.5 Å². The molecular formula is C20H21ClN2O3. The topological polar surface area (TPSA) is 67.4 Å². The van der Waals surface area contributed by atoms with Crippen LogP contribution >= 0.6 is 11.6 Å². The van der Waals surface area contributed by atoms with E-state index in [9.17, 15) is 9.59 Å². The molecule has 136 valence electrons. The predicted octanol–water partition coefficient (Wildman–Crippen LogP) is 3.70. The number of carbonyl (C=O) groups is 2. The van der Waals surface area contributed by atoms with E-state index in [4.69, 9.17) is 16.3 Å². The van der Waals surface area contributed by atoms with Crippen LogP contribution in [0.25, 0.3) is 0 Å². The van der Waals surface area contributed by atoms with Crippen LogP contribution in [0, 0.1) is 0 Å². The largest absolute Gasteiger partial charge is 0.494 e. The Hall–Kier alpha value is -2.53. The summed E-state index contributed by atoms with van der Waals surface area (Å²) in [6, 6.07) is 13.1. The van der Waals surface area contributed by atoms with Gasteiger partial charge in [-0.25, -0.2) is 0 Å². The van der Waals surface area contributed by atoms with Crippen molar-refractivity contribution in [1.82, 2.24) is 5.32 Å². The van der Waals surface area contributed by atoms with Crippen molar-refractivity contribution in [2.24, 2.45) is 0 Å². The molecule has 0 aliphatic carbocycles. The number of benzene rings is 2. The van der Waals surface area contributed by atoms with Crippen LogP contribution in [0.1, 0.15) is 30.4 Å². The zero-order valence-electron chi connectivity index (χ0n) is 14.4. The smallest absolute Gasteiger partial charge is 0.224 e. The van der Waals surface area contributed by atoms with Crippen LogP contribution in [0.3, 0.4) is 0 Å². The van der Waals surface area contributed by atoms with Gasteiger partial charge in [-0.15, -0.1) is 0 Å². The molecule has 0 radical (unpaired) electrons. The number of fused-ring (bicyclic) bond motifs is 1. The van der Waals surface area contributed by atoms with Gasteiger partial charge in [0.05, 0.1) is 6.61 Å². The van der Waals surface area contributed by atoms with Crippen molar-refractivity contribution >= 4 is 29.1 Å². The molecule has 2 amide bonds. The molecule has 0 fully saturated rings. The second-order valence-corrected chi connectivity index (χ2v) is 6.59. The van der Waals surface area contributed by atoms with E-state index in [-0.39, 0.29) is 11.8 Å². The molecule has 0 spiro atoms. The second kappa shape index (κ2) is 8.72. The highest BCUT2D eigenvalue weighted by Gasteiger charge is 2.15. The molecule has 2 aromatic carbocycles. The van der Waals surface area contributed by atoms with Gasteiger partial charge in [-0.1, -0.05) is 29.8 Å². The minimum atomic E-state index is -0.0262. The molecule has 1 heterocycles. The zero-order chi connectivity index (χ0) is 18.4. The number of carbonyl (C=O) groups excluding carboxylic acids is 2. The lowest BCUT2D eigenvalue weighted by Crippen LogP contribution is -2.23. The first-order valence-electron chi connectivity index (χ1n) is 8.67. The molecule has 0 unspecified atom stereocenters. The number of anilines is 1. The number of hydrogen-bond donors (Lipinski definition) is 2. The Morgan fingerprint density at radius 1 is 1.19 bits per heavy atom. The van der Waals surface area contributed by atoms with Crippen molar-refractivity contribution in [2.75, 3.05) is 11.9 Å². The molecule has 26 heavy (non-hydrogen) atoms. The van der Waals surface area contributed by atoms with Crippen LogP contribution in [0.2, 0.25) is 5.02 Å². The monoisotopic (exact) mass is 372 g/mol. The lowest BCUT2D eigenvalue weighted by molar-refractivity contribution is -0.121. The van der Waals surface area contributed by atoms with E-state index in [1.54, 1.807) is 6.07 Å². The summed E-state index contributed by atoms with van der Waals surface area (Å²) in [6.07, 6.45) is 2.25. The van der Waals surface area contributed by atoms with Crippen molar-refractivity contribution in [3.05, 3.63) is 58.6 Å². The third kappa shape index (κ3) is 4.99. The SMILES string of the molecule is O=C(CCCOc1ccc2c(c1)CCC(=O)N2)NCc1ccccc1Cl. The number of ether oxygens (including phenoxy) is 1. The first kappa shape index (κ1) is 18.3. The van der Waals surface area contributed by atoms with E-state index in [2.05, 4.69) is 10.6 Å². The summed E-state index contributed by atoms with van der Waals surface area (Å²) < 4.78 is 5.72. The maximum absolute atomic E-state index is 11.9. The van der Waals surface area contributed by atoms with Crippen LogP contribution < -0.4 is 15.4 Å². The van der Waals surface area contributed by atoms with E-state index in [1.165, 1.54) is 0 Å². The standard InChI is InChI=1S/C20H21ClN2O3/c21-17-5-2-1-4-15(17)13-22-19(24)6-3-11-26-16-8-9-18-14(12-16)7-10-20(25)23-18/h1-2,4-5,8-9,12H,3,6-7,10-11,13H2,(H,22,24)(H,23,25). The van der Waals surface area contributed by atoms with Gasteiger partial charge in [0.2, 0.25) is 11.8 Å². The molecule has 0 saturated heterocycles. The van der Waals surface area contributed by atoms with Crippen molar-refractivity contribution in [3.8, 4) is 5.75 Å². The van der Waals surface area contributed by atoms with Crippen molar-refractivity contribution in [2.45, 2.75) is 32.2 Å². The maximum Gasteiger partial charge on any atom is 0.224 e. The van der Waals surface area contributed by atoms with Gasteiger partial charge in [-0.05, 0) is 48.2 Å². The maximum atomic E-state index is 11.9. The lowest BCUT2D eigenvalue weighted by Gasteiger charge is -2.17. The van der Waals surface area contributed by atoms with Gasteiger partial charge in [0.1, 0.15) is 5.75 Å². The summed E-state index contributed by atoms with van der Waals surface area (Å²) in [4.78, 5) is 23.3. The Morgan fingerprint density at radius 2 is 2.04 bits per heavy atom. The average Bonchev–Trinajstić information content (AvgIpc) is 2.64. The molecular weight excluding hydrogens is 352 g/mol. The van der Waals surface area contributed by atoms with Gasteiger partial charge in [-0.2, -0.15) is 0 Å². The highest BCUT2D eigenvalue weighted by Crippen LogP contribution is 2.26. The Kier molecular flexibility index (Phi) is 6.12. The van der Waals surface area contributed by atoms with E-state index in [1.807, 2.05) is 36.4 Å². The molecule has 2 N–H and O–H groups in total. The van der Waals surface area contributed by atoms with E-state index < -0.39 is 0 Å². The number of amides is 2. The quantitative estimate of drug-likeness (QED) is 0.728.